The molecule has 6 heteroatoms. The van der Waals surface area contributed by atoms with E-state index in [2.05, 4.69) is 24.1 Å². The number of carbonyl (C=O) groups is 1. The smallest absolute Gasteiger partial charge is 0.226 e. The lowest BCUT2D eigenvalue weighted by molar-refractivity contribution is -0.122. The predicted molar refractivity (Wildman–Crippen MR) is 88.6 cm³/mol. The predicted octanol–water partition coefficient (Wildman–Crippen LogP) is 2.83. The van der Waals surface area contributed by atoms with Gasteiger partial charge in [0.15, 0.2) is 0 Å². The van der Waals surface area contributed by atoms with E-state index in [1.165, 1.54) is 11.3 Å². The van der Waals surface area contributed by atoms with Crippen molar-refractivity contribution in [2.24, 2.45) is 11.7 Å². The summed E-state index contributed by atoms with van der Waals surface area (Å²) in [4.78, 5) is 16.7. The summed E-state index contributed by atoms with van der Waals surface area (Å²) < 4.78 is 5.05. The van der Waals surface area contributed by atoms with Gasteiger partial charge >= 0.3 is 0 Å². The van der Waals surface area contributed by atoms with Crippen LogP contribution in [0.1, 0.15) is 32.9 Å². The number of hydrogen-bond acceptors (Lipinski definition) is 5. The zero-order valence-corrected chi connectivity index (χ0v) is 14.1. The van der Waals surface area contributed by atoms with E-state index in [1.807, 2.05) is 18.4 Å². The van der Waals surface area contributed by atoms with Gasteiger partial charge in [0, 0.05) is 23.0 Å². The van der Waals surface area contributed by atoms with Gasteiger partial charge < -0.3 is 15.5 Å². The van der Waals surface area contributed by atoms with Crippen LogP contribution in [-0.2, 0) is 11.2 Å². The van der Waals surface area contributed by atoms with Crippen molar-refractivity contribution in [3.63, 3.8) is 0 Å². The highest BCUT2D eigenvalue weighted by Crippen LogP contribution is 2.24. The van der Waals surface area contributed by atoms with Crippen molar-refractivity contribution in [1.82, 2.24) is 10.3 Å². The van der Waals surface area contributed by atoms with Gasteiger partial charge in [0.2, 0.25) is 5.91 Å². The number of nitrogens with one attached hydrogen (secondary N) is 1. The Kier molecular flexibility index (Phi) is 5.37. The fraction of sp³-hybridized carbons (Fsp3) is 0.500. The lowest BCUT2D eigenvalue weighted by Crippen LogP contribution is -2.52. The molecule has 0 aliphatic rings. The summed E-state index contributed by atoms with van der Waals surface area (Å²) in [6.45, 7) is 6.66. The number of furan rings is 1. The van der Waals surface area contributed by atoms with E-state index in [0.29, 0.717) is 12.5 Å². The van der Waals surface area contributed by atoms with E-state index in [9.17, 15) is 4.79 Å². The summed E-state index contributed by atoms with van der Waals surface area (Å²) in [7, 11) is 0. The van der Waals surface area contributed by atoms with Crippen LogP contribution in [0.4, 0.5) is 0 Å². The Morgan fingerprint density at radius 1 is 1.55 bits per heavy atom. The molecule has 5 nitrogen and oxygen atoms in total. The van der Waals surface area contributed by atoms with Crippen molar-refractivity contribution in [1.29, 1.82) is 0 Å². The first kappa shape index (κ1) is 16.7. The molecule has 1 amide bonds. The molecule has 120 valence electrons. The van der Waals surface area contributed by atoms with Crippen molar-refractivity contribution in [2.45, 2.75) is 39.2 Å². The van der Waals surface area contributed by atoms with Crippen LogP contribution in [0.2, 0.25) is 0 Å². The van der Waals surface area contributed by atoms with Gasteiger partial charge in [-0.2, -0.15) is 0 Å². The molecule has 2 aromatic rings. The van der Waals surface area contributed by atoms with Crippen LogP contribution in [0.3, 0.4) is 0 Å². The molecular weight excluding hydrogens is 298 g/mol. The molecule has 2 rings (SSSR count). The fourth-order valence-electron chi connectivity index (χ4n) is 2.54. The van der Waals surface area contributed by atoms with Crippen molar-refractivity contribution < 1.29 is 9.21 Å². The molecule has 0 spiro atoms. The summed E-state index contributed by atoms with van der Waals surface area (Å²) in [5, 5.41) is 5.82. The number of thiazole rings is 1. The Morgan fingerprint density at radius 3 is 2.91 bits per heavy atom. The first-order valence-electron chi connectivity index (χ1n) is 7.40. The zero-order chi connectivity index (χ0) is 16.2. The topological polar surface area (TPSA) is 81.1 Å². The molecule has 0 radical (unpaired) electrons. The molecule has 22 heavy (non-hydrogen) atoms. The van der Waals surface area contributed by atoms with E-state index in [-0.39, 0.29) is 17.9 Å². The highest BCUT2D eigenvalue weighted by molar-refractivity contribution is 7.13. The molecule has 0 saturated heterocycles. The van der Waals surface area contributed by atoms with E-state index in [0.717, 1.165) is 22.7 Å². The number of carbonyl (C=O) groups excluding carboxylic acids is 1. The zero-order valence-electron chi connectivity index (χ0n) is 13.3. The van der Waals surface area contributed by atoms with E-state index in [4.69, 9.17) is 10.2 Å². The second kappa shape index (κ2) is 7.07. The molecule has 0 aliphatic heterocycles. The monoisotopic (exact) mass is 321 g/mol. The Bertz CT molecular complexity index is 607. The second-order valence-corrected chi connectivity index (χ2v) is 7.10. The van der Waals surface area contributed by atoms with Crippen LogP contribution >= 0.6 is 11.3 Å². The lowest BCUT2D eigenvalue weighted by Gasteiger charge is -2.31. The highest BCUT2D eigenvalue weighted by Gasteiger charge is 2.26. The summed E-state index contributed by atoms with van der Waals surface area (Å²) in [5.41, 5.74) is 7.16. The third-order valence-electron chi connectivity index (χ3n) is 3.41. The van der Waals surface area contributed by atoms with Crippen molar-refractivity contribution in [3.05, 3.63) is 29.7 Å². The Hall–Kier alpha value is -1.66. The standard InChI is InChI=1S/C16H23N3O2S/c1-11(2)7-16(3,10-17)19-14(20)6-13-9-22-15(18-13)12-4-5-21-8-12/h4-5,8-9,11H,6-7,10,17H2,1-3H3,(H,19,20). The van der Waals surface area contributed by atoms with Gasteiger partial charge in [0.05, 0.1) is 18.4 Å². The van der Waals surface area contributed by atoms with Crippen LogP contribution in [0, 0.1) is 5.92 Å². The molecule has 2 aromatic heterocycles. The lowest BCUT2D eigenvalue weighted by atomic mass is 9.90. The quantitative estimate of drug-likeness (QED) is 0.821. The number of rotatable bonds is 7. The minimum absolute atomic E-state index is 0.0438. The maximum absolute atomic E-state index is 12.2. The second-order valence-electron chi connectivity index (χ2n) is 6.24. The van der Waals surface area contributed by atoms with Crippen molar-refractivity contribution in [3.8, 4) is 10.6 Å². The normalized spacial score (nSPS) is 14.0. The van der Waals surface area contributed by atoms with Crippen LogP contribution in [0.25, 0.3) is 10.6 Å². The largest absolute Gasteiger partial charge is 0.472 e. The molecule has 1 atom stereocenters. The molecule has 3 N–H and O–H groups in total. The summed E-state index contributed by atoms with van der Waals surface area (Å²) >= 11 is 1.51. The molecule has 0 aliphatic carbocycles. The van der Waals surface area contributed by atoms with Gasteiger partial charge in [-0.3, -0.25) is 4.79 Å². The van der Waals surface area contributed by atoms with E-state index >= 15 is 0 Å². The molecule has 0 bridgehead atoms. The van der Waals surface area contributed by atoms with Crippen LogP contribution < -0.4 is 11.1 Å². The number of nitrogens with two attached hydrogens (primary N) is 1. The SMILES string of the molecule is CC(C)CC(C)(CN)NC(=O)Cc1csc(-c2ccoc2)n1. The Labute approximate surface area is 134 Å². The van der Waals surface area contributed by atoms with Gasteiger partial charge in [-0.15, -0.1) is 11.3 Å². The molecule has 0 aromatic carbocycles. The average Bonchev–Trinajstić information content (AvgIpc) is 3.07. The number of aromatic nitrogens is 1. The highest BCUT2D eigenvalue weighted by atomic mass is 32.1. The van der Waals surface area contributed by atoms with Gasteiger partial charge in [0.25, 0.3) is 0 Å². The van der Waals surface area contributed by atoms with Gasteiger partial charge in [-0.1, -0.05) is 13.8 Å². The van der Waals surface area contributed by atoms with Gasteiger partial charge in [0.1, 0.15) is 11.3 Å². The minimum atomic E-state index is -0.366. The number of amides is 1. The van der Waals surface area contributed by atoms with Crippen LogP contribution in [0.5, 0.6) is 0 Å². The van der Waals surface area contributed by atoms with Gasteiger partial charge in [-0.25, -0.2) is 4.98 Å². The first-order chi connectivity index (χ1) is 10.4. The number of nitrogens with zero attached hydrogens (tertiary/aromatic N) is 1. The Morgan fingerprint density at radius 2 is 2.32 bits per heavy atom. The third kappa shape index (κ3) is 4.42. The Balaban J connectivity index is 1.97. The van der Waals surface area contributed by atoms with Crippen molar-refractivity contribution in [2.75, 3.05) is 6.54 Å². The minimum Gasteiger partial charge on any atom is -0.472 e. The maximum atomic E-state index is 12.2. The molecule has 0 saturated carbocycles. The summed E-state index contributed by atoms with van der Waals surface area (Å²) in [6, 6.07) is 1.86. The average molecular weight is 321 g/mol. The molecule has 1 unspecified atom stereocenters. The van der Waals surface area contributed by atoms with Gasteiger partial charge in [-0.05, 0) is 25.3 Å². The first-order valence-corrected chi connectivity index (χ1v) is 8.28. The maximum Gasteiger partial charge on any atom is 0.226 e. The van der Waals surface area contributed by atoms with E-state index in [1.54, 1.807) is 12.5 Å². The summed E-state index contributed by atoms with van der Waals surface area (Å²) in [5.74, 6) is 0.429. The molecule has 0 fully saturated rings. The number of hydrogen-bond donors (Lipinski definition) is 2. The van der Waals surface area contributed by atoms with E-state index < -0.39 is 0 Å². The summed E-state index contributed by atoms with van der Waals surface area (Å²) in [6.07, 6.45) is 4.38. The fourth-order valence-corrected chi connectivity index (χ4v) is 3.34. The van der Waals surface area contributed by atoms with Crippen LogP contribution in [-0.4, -0.2) is 23.0 Å². The van der Waals surface area contributed by atoms with Crippen LogP contribution in [0.15, 0.2) is 28.4 Å². The third-order valence-corrected chi connectivity index (χ3v) is 4.35. The van der Waals surface area contributed by atoms with Crippen molar-refractivity contribution >= 4 is 17.2 Å². The molecular formula is C16H23N3O2S. The molecule has 2 heterocycles.